The van der Waals surface area contributed by atoms with E-state index in [-0.39, 0.29) is 18.1 Å². The molecule has 0 atom stereocenters. The highest BCUT2D eigenvalue weighted by Gasteiger charge is 2.10. The van der Waals surface area contributed by atoms with Crippen LogP contribution in [0.2, 0.25) is 0 Å². The quantitative estimate of drug-likeness (QED) is 0.633. The highest BCUT2D eigenvalue weighted by Crippen LogP contribution is 2.35. The summed E-state index contributed by atoms with van der Waals surface area (Å²) in [6, 6.07) is 11.1. The van der Waals surface area contributed by atoms with Gasteiger partial charge in [-0.15, -0.1) is 11.3 Å². The van der Waals surface area contributed by atoms with Crippen LogP contribution in [0.25, 0.3) is 20.8 Å². The Bertz CT molecular complexity index is 790. The minimum atomic E-state index is -0.586. The van der Waals surface area contributed by atoms with E-state index in [9.17, 15) is 9.50 Å². The summed E-state index contributed by atoms with van der Waals surface area (Å²) < 4.78 is 19.5. The number of ether oxygens (including phenoxy) is 1. The highest BCUT2D eigenvalue weighted by molar-refractivity contribution is 14.1. The summed E-state index contributed by atoms with van der Waals surface area (Å²) in [5.74, 6) is 0.279. The van der Waals surface area contributed by atoms with E-state index in [2.05, 4.69) is 33.6 Å². The number of thiazole rings is 1. The molecular weight excluding hydrogens is 404 g/mol. The number of fused-ring (bicyclic) bond motifs is 1. The molecule has 21 heavy (non-hydrogen) atoms. The number of aromatic hydroxyl groups is 1. The summed E-state index contributed by atoms with van der Waals surface area (Å²) >= 11 is 3.84. The second-order valence-electron chi connectivity index (χ2n) is 4.35. The molecule has 0 aliphatic carbocycles. The number of phenols is 1. The third kappa shape index (κ3) is 3.11. The molecule has 0 bridgehead atoms. The third-order valence-corrected chi connectivity index (χ3v) is 4.63. The van der Waals surface area contributed by atoms with Crippen molar-refractivity contribution in [3.63, 3.8) is 0 Å². The van der Waals surface area contributed by atoms with Crippen molar-refractivity contribution in [2.75, 3.05) is 13.3 Å². The van der Waals surface area contributed by atoms with Crippen LogP contribution < -0.4 is 4.74 Å². The zero-order valence-electron chi connectivity index (χ0n) is 10.8. The Morgan fingerprint density at radius 2 is 2.10 bits per heavy atom. The predicted molar refractivity (Wildman–Crippen MR) is 90.9 cm³/mol. The lowest BCUT2D eigenvalue weighted by molar-refractivity contribution is 0.262. The minimum Gasteiger partial charge on any atom is -0.504 e. The molecule has 1 N–H and O–H groups in total. The number of alkyl halides is 1. The van der Waals surface area contributed by atoms with Gasteiger partial charge in [-0.25, -0.2) is 9.37 Å². The molecule has 0 fully saturated rings. The first-order valence-electron chi connectivity index (χ1n) is 6.25. The SMILES string of the molecule is Oc1cc(-c2nc3ccc(I)cc3s2)ccc1OCCF. The van der Waals surface area contributed by atoms with Gasteiger partial charge in [0.2, 0.25) is 0 Å². The summed E-state index contributed by atoms with van der Waals surface area (Å²) in [5.41, 5.74) is 1.75. The Morgan fingerprint density at radius 3 is 2.86 bits per heavy atom. The van der Waals surface area contributed by atoms with Crippen molar-refractivity contribution in [2.45, 2.75) is 0 Å². The van der Waals surface area contributed by atoms with Crippen LogP contribution in [0.1, 0.15) is 0 Å². The number of aromatic nitrogens is 1. The predicted octanol–water partition coefficient (Wildman–Crippen LogP) is 4.62. The van der Waals surface area contributed by atoms with Crippen molar-refractivity contribution in [1.82, 2.24) is 4.98 Å². The lowest BCUT2D eigenvalue weighted by Crippen LogP contribution is -1.98. The molecule has 3 aromatic rings. The number of rotatable bonds is 4. The Morgan fingerprint density at radius 1 is 1.24 bits per heavy atom. The monoisotopic (exact) mass is 415 g/mol. The zero-order valence-corrected chi connectivity index (χ0v) is 13.8. The molecule has 1 heterocycles. The van der Waals surface area contributed by atoms with Crippen molar-refractivity contribution in [1.29, 1.82) is 0 Å². The van der Waals surface area contributed by atoms with Crippen molar-refractivity contribution in [2.24, 2.45) is 0 Å². The van der Waals surface area contributed by atoms with Crippen molar-refractivity contribution in [3.05, 3.63) is 40.0 Å². The van der Waals surface area contributed by atoms with Gasteiger partial charge >= 0.3 is 0 Å². The van der Waals surface area contributed by atoms with Crippen molar-refractivity contribution >= 4 is 44.1 Å². The molecule has 1 aromatic heterocycles. The Hall–Kier alpha value is -1.41. The Labute approximate surface area is 138 Å². The third-order valence-electron chi connectivity index (χ3n) is 2.89. The molecule has 0 aliphatic heterocycles. The molecule has 0 unspecified atom stereocenters. The maximum absolute atomic E-state index is 12.1. The maximum Gasteiger partial charge on any atom is 0.161 e. The number of hydrogen-bond acceptors (Lipinski definition) is 4. The molecule has 108 valence electrons. The van der Waals surface area contributed by atoms with Crippen LogP contribution in [-0.4, -0.2) is 23.4 Å². The van der Waals surface area contributed by atoms with Crippen LogP contribution in [0.15, 0.2) is 36.4 Å². The largest absolute Gasteiger partial charge is 0.504 e. The van der Waals surface area contributed by atoms with Gasteiger partial charge in [-0.1, -0.05) is 0 Å². The van der Waals surface area contributed by atoms with Gasteiger partial charge in [-0.05, 0) is 59.0 Å². The van der Waals surface area contributed by atoms with Crippen LogP contribution in [0.3, 0.4) is 0 Å². The van der Waals surface area contributed by atoms with Gasteiger partial charge in [-0.2, -0.15) is 0 Å². The highest BCUT2D eigenvalue weighted by atomic mass is 127. The number of phenolic OH excluding ortho intramolecular Hbond substituents is 1. The van der Waals surface area contributed by atoms with E-state index in [1.54, 1.807) is 23.5 Å². The molecule has 0 aliphatic rings. The van der Waals surface area contributed by atoms with Gasteiger partial charge in [0.05, 0.1) is 10.2 Å². The van der Waals surface area contributed by atoms with Gasteiger partial charge in [0.15, 0.2) is 11.5 Å². The van der Waals surface area contributed by atoms with Crippen LogP contribution >= 0.6 is 33.9 Å². The fourth-order valence-corrected chi connectivity index (χ4v) is 3.65. The smallest absolute Gasteiger partial charge is 0.161 e. The van der Waals surface area contributed by atoms with E-state index in [1.165, 1.54) is 0 Å². The normalized spacial score (nSPS) is 11.0. The molecule has 2 aromatic carbocycles. The molecule has 6 heteroatoms. The van der Waals surface area contributed by atoms with Crippen LogP contribution in [0.4, 0.5) is 4.39 Å². The lowest BCUT2D eigenvalue weighted by atomic mass is 10.2. The van der Waals surface area contributed by atoms with Gasteiger partial charge in [-0.3, -0.25) is 0 Å². The lowest BCUT2D eigenvalue weighted by Gasteiger charge is -2.06. The number of hydrogen-bond donors (Lipinski definition) is 1. The Balaban J connectivity index is 1.96. The van der Waals surface area contributed by atoms with E-state index in [4.69, 9.17) is 4.74 Å². The number of benzene rings is 2. The molecule has 0 saturated carbocycles. The van der Waals surface area contributed by atoms with Gasteiger partial charge in [0, 0.05) is 9.13 Å². The van der Waals surface area contributed by atoms with Gasteiger partial charge in [0.25, 0.3) is 0 Å². The standard InChI is InChI=1S/C15H11FINO2S/c16-5-6-20-13-4-1-9(7-12(13)19)15-18-11-3-2-10(17)8-14(11)21-15/h1-4,7-8,19H,5-6H2. The molecule has 3 nitrogen and oxygen atoms in total. The minimum absolute atomic E-state index is 0.00483. The van der Waals surface area contributed by atoms with Crippen molar-refractivity contribution < 1.29 is 14.2 Å². The fraction of sp³-hybridized carbons (Fsp3) is 0.133. The molecule has 3 rings (SSSR count). The first-order valence-corrected chi connectivity index (χ1v) is 8.15. The molecule has 0 radical (unpaired) electrons. The topological polar surface area (TPSA) is 42.4 Å². The zero-order chi connectivity index (χ0) is 14.8. The first kappa shape index (κ1) is 14.5. The number of halogens is 2. The van der Waals surface area contributed by atoms with Crippen LogP contribution in [0, 0.1) is 3.57 Å². The molecule has 0 saturated heterocycles. The Kier molecular flexibility index (Phi) is 4.25. The van der Waals surface area contributed by atoms with E-state index >= 15 is 0 Å². The van der Waals surface area contributed by atoms with E-state index in [1.807, 2.05) is 18.2 Å². The van der Waals surface area contributed by atoms with Crippen molar-refractivity contribution in [3.8, 4) is 22.1 Å². The van der Waals surface area contributed by atoms with Crippen LogP contribution in [-0.2, 0) is 0 Å². The second-order valence-corrected chi connectivity index (χ2v) is 6.63. The molecule has 0 spiro atoms. The summed E-state index contributed by atoms with van der Waals surface area (Å²) in [6.45, 7) is -0.649. The van der Waals surface area contributed by atoms with Gasteiger partial charge < -0.3 is 9.84 Å². The van der Waals surface area contributed by atoms with E-state index < -0.39 is 6.67 Å². The average molecular weight is 415 g/mol. The summed E-state index contributed by atoms with van der Waals surface area (Å²) in [4.78, 5) is 4.56. The second kappa shape index (κ2) is 6.15. The molecule has 0 amide bonds. The van der Waals surface area contributed by atoms with Gasteiger partial charge in [0.1, 0.15) is 18.3 Å². The molecular formula is C15H11FINO2S. The fourth-order valence-electron chi connectivity index (χ4n) is 1.94. The summed E-state index contributed by atoms with van der Waals surface area (Å²) in [5, 5.41) is 10.8. The summed E-state index contributed by atoms with van der Waals surface area (Å²) in [6.07, 6.45) is 0. The van der Waals surface area contributed by atoms with E-state index in [0.29, 0.717) is 0 Å². The summed E-state index contributed by atoms with van der Waals surface area (Å²) in [7, 11) is 0. The average Bonchev–Trinajstić information content (AvgIpc) is 2.89. The van der Waals surface area contributed by atoms with Crippen LogP contribution in [0.5, 0.6) is 11.5 Å². The van der Waals surface area contributed by atoms with E-state index in [0.717, 1.165) is 24.4 Å². The first-order chi connectivity index (χ1) is 10.2. The maximum atomic E-state index is 12.1. The number of nitrogens with zero attached hydrogens (tertiary/aromatic N) is 1.